The van der Waals surface area contributed by atoms with Crippen molar-refractivity contribution in [2.45, 2.75) is 6.92 Å². The largest absolute Gasteiger partial charge is 0.505 e. The standard InChI is InChI=1S/C13H11N3O2S/c1-9(17)11(15-16-13-14-7-8-19-13)12(18)10-5-3-2-4-6-10/h2-8,18H,1H3/b12-11-,16-15?. The van der Waals surface area contributed by atoms with Gasteiger partial charge in [-0.2, -0.15) is 0 Å². The molecule has 0 atom stereocenters. The fraction of sp³-hybridized carbons (Fsp3) is 0.0769. The second kappa shape index (κ2) is 6.01. The quantitative estimate of drug-likeness (QED) is 0.523. The van der Waals surface area contributed by atoms with E-state index in [2.05, 4.69) is 15.2 Å². The topological polar surface area (TPSA) is 74.9 Å². The third-order valence-electron chi connectivity index (χ3n) is 2.26. The number of rotatable bonds is 4. The molecule has 0 aliphatic carbocycles. The van der Waals surface area contributed by atoms with Crippen LogP contribution in [-0.4, -0.2) is 15.9 Å². The normalized spacial score (nSPS) is 12.5. The Bertz CT molecular complexity index is 619. The van der Waals surface area contributed by atoms with Crippen LogP contribution in [0.25, 0.3) is 5.76 Å². The molecule has 0 aliphatic rings. The van der Waals surface area contributed by atoms with E-state index in [0.29, 0.717) is 10.7 Å². The van der Waals surface area contributed by atoms with Gasteiger partial charge in [0.1, 0.15) is 0 Å². The zero-order chi connectivity index (χ0) is 13.7. The first-order valence-electron chi connectivity index (χ1n) is 5.49. The van der Waals surface area contributed by atoms with Gasteiger partial charge in [0, 0.05) is 24.1 Å². The lowest BCUT2D eigenvalue weighted by Gasteiger charge is -2.02. The highest BCUT2D eigenvalue weighted by molar-refractivity contribution is 7.13. The average molecular weight is 273 g/mol. The predicted molar refractivity (Wildman–Crippen MR) is 73.3 cm³/mol. The molecule has 2 rings (SSSR count). The van der Waals surface area contributed by atoms with Gasteiger partial charge >= 0.3 is 0 Å². The van der Waals surface area contributed by atoms with Crippen LogP contribution in [0.15, 0.2) is 57.8 Å². The molecule has 0 saturated heterocycles. The number of aliphatic hydroxyl groups is 1. The van der Waals surface area contributed by atoms with Gasteiger partial charge in [-0.25, -0.2) is 4.98 Å². The van der Waals surface area contributed by atoms with Crippen molar-refractivity contribution >= 4 is 28.0 Å². The van der Waals surface area contributed by atoms with Gasteiger partial charge < -0.3 is 5.11 Å². The summed E-state index contributed by atoms with van der Waals surface area (Å²) in [6, 6.07) is 8.73. The van der Waals surface area contributed by atoms with Crippen LogP contribution in [0.2, 0.25) is 0 Å². The molecule has 0 bridgehead atoms. The maximum absolute atomic E-state index is 11.5. The van der Waals surface area contributed by atoms with Gasteiger partial charge in [0.2, 0.25) is 5.13 Å². The summed E-state index contributed by atoms with van der Waals surface area (Å²) in [6.07, 6.45) is 1.59. The first-order chi connectivity index (χ1) is 9.18. The number of aromatic nitrogens is 1. The maximum atomic E-state index is 11.5. The number of carbonyl (C=O) groups is 1. The van der Waals surface area contributed by atoms with E-state index in [0.717, 1.165) is 0 Å². The average Bonchev–Trinajstić information content (AvgIpc) is 2.92. The van der Waals surface area contributed by atoms with E-state index in [-0.39, 0.29) is 17.2 Å². The smallest absolute Gasteiger partial charge is 0.229 e. The van der Waals surface area contributed by atoms with Crippen molar-refractivity contribution in [2.24, 2.45) is 10.2 Å². The number of hydrogen-bond acceptors (Lipinski definition) is 6. The number of allylic oxidation sites excluding steroid dienone is 1. The Hall–Kier alpha value is -2.34. The van der Waals surface area contributed by atoms with Crippen molar-refractivity contribution in [1.82, 2.24) is 4.98 Å². The molecule has 0 unspecified atom stereocenters. The van der Waals surface area contributed by atoms with Crippen molar-refractivity contribution < 1.29 is 9.90 Å². The minimum atomic E-state index is -0.360. The van der Waals surface area contributed by atoms with E-state index >= 15 is 0 Å². The first kappa shape index (κ1) is 13.1. The van der Waals surface area contributed by atoms with E-state index in [1.165, 1.54) is 18.3 Å². The highest BCUT2D eigenvalue weighted by atomic mass is 32.1. The van der Waals surface area contributed by atoms with Gasteiger partial charge in [-0.3, -0.25) is 4.79 Å². The Balaban J connectivity index is 2.37. The van der Waals surface area contributed by atoms with Crippen LogP contribution in [0.3, 0.4) is 0 Å². The number of hydrogen-bond donors (Lipinski definition) is 1. The van der Waals surface area contributed by atoms with Gasteiger partial charge in [0.25, 0.3) is 0 Å². The fourth-order valence-corrected chi connectivity index (χ4v) is 1.83. The predicted octanol–water partition coefficient (Wildman–Crippen LogP) is 3.74. The molecule has 1 heterocycles. The minimum Gasteiger partial charge on any atom is -0.505 e. The molecule has 0 spiro atoms. The Morgan fingerprint density at radius 2 is 2.05 bits per heavy atom. The number of Topliss-reactive ketones (excluding diaryl/α,β-unsaturated/α-hetero) is 1. The Morgan fingerprint density at radius 1 is 1.32 bits per heavy atom. The monoisotopic (exact) mass is 273 g/mol. The van der Waals surface area contributed by atoms with Crippen LogP contribution in [0.4, 0.5) is 5.13 Å². The molecular formula is C13H11N3O2S. The second-order valence-corrected chi connectivity index (χ2v) is 4.51. The first-order valence-corrected chi connectivity index (χ1v) is 6.37. The summed E-state index contributed by atoms with van der Waals surface area (Å²) in [5.41, 5.74) is 0.437. The third kappa shape index (κ3) is 3.32. The van der Waals surface area contributed by atoms with Gasteiger partial charge in [0.15, 0.2) is 17.2 Å². The SMILES string of the molecule is CC(=O)/C(N=Nc1nccs1)=C(/O)c1ccccc1. The molecule has 96 valence electrons. The van der Waals surface area contributed by atoms with Crippen LogP contribution >= 0.6 is 11.3 Å². The Kier molecular flexibility index (Phi) is 4.15. The molecule has 1 aromatic heterocycles. The Labute approximate surface area is 114 Å². The second-order valence-electron chi connectivity index (χ2n) is 3.63. The van der Waals surface area contributed by atoms with Gasteiger partial charge in [-0.1, -0.05) is 30.3 Å². The molecule has 0 amide bonds. The van der Waals surface area contributed by atoms with Crippen molar-refractivity contribution in [3.8, 4) is 0 Å². The van der Waals surface area contributed by atoms with E-state index in [1.54, 1.807) is 35.8 Å². The molecule has 1 aromatic carbocycles. The number of nitrogens with zero attached hydrogens (tertiary/aromatic N) is 3. The lowest BCUT2D eigenvalue weighted by molar-refractivity contribution is -0.113. The molecule has 5 nitrogen and oxygen atoms in total. The van der Waals surface area contributed by atoms with Crippen LogP contribution in [0.1, 0.15) is 12.5 Å². The molecule has 0 radical (unpaired) electrons. The summed E-state index contributed by atoms with van der Waals surface area (Å²) >= 11 is 1.30. The number of azo groups is 1. The fourth-order valence-electron chi connectivity index (χ4n) is 1.38. The van der Waals surface area contributed by atoms with Gasteiger partial charge in [0.05, 0.1) is 0 Å². The molecule has 0 saturated carbocycles. The molecule has 19 heavy (non-hydrogen) atoms. The molecule has 2 aromatic rings. The third-order valence-corrected chi connectivity index (χ3v) is 2.92. The van der Waals surface area contributed by atoms with Crippen molar-refractivity contribution in [1.29, 1.82) is 0 Å². The van der Waals surface area contributed by atoms with Crippen LogP contribution in [0, 0.1) is 0 Å². The molecule has 0 aliphatic heterocycles. The molecular weight excluding hydrogens is 262 g/mol. The molecule has 6 heteroatoms. The van der Waals surface area contributed by atoms with E-state index in [9.17, 15) is 9.90 Å². The number of aliphatic hydroxyl groups excluding tert-OH is 1. The summed E-state index contributed by atoms with van der Waals surface area (Å²) in [4.78, 5) is 15.5. The summed E-state index contributed by atoms with van der Waals surface area (Å²) in [6.45, 7) is 1.33. The lowest BCUT2D eigenvalue weighted by atomic mass is 10.1. The van der Waals surface area contributed by atoms with Crippen LogP contribution in [-0.2, 0) is 4.79 Å². The number of carbonyl (C=O) groups excluding carboxylic acids is 1. The highest BCUT2D eigenvalue weighted by Gasteiger charge is 2.12. The lowest BCUT2D eigenvalue weighted by Crippen LogP contribution is -1.98. The summed E-state index contributed by atoms with van der Waals surface area (Å²) in [5.74, 6) is -0.546. The van der Waals surface area contributed by atoms with E-state index in [1.807, 2.05) is 6.07 Å². The molecule has 0 fully saturated rings. The van der Waals surface area contributed by atoms with Crippen LogP contribution < -0.4 is 0 Å². The molecule has 1 N–H and O–H groups in total. The number of ketones is 1. The summed E-state index contributed by atoms with van der Waals surface area (Å²) < 4.78 is 0. The number of thiazole rings is 1. The summed E-state index contributed by atoms with van der Waals surface area (Å²) in [5, 5.41) is 19.9. The highest BCUT2D eigenvalue weighted by Crippen LogP contribution is 2.21. The zero-order valence-corrected chi connectivity index (χ0v) is 11.0. The van der Waals surface area contributed by atoms with Crippen molar-refractivity contribution in [2.75, 3.05) is 0 Å². The van der Waals surface area contributed by atoms with Gasteiger partial charge in [-0.05, 0) is 0 Å². The Morgan fingerprint density at radius 3 is 2.63 bits per heavy atom. The van der Waals surface area contributed by atoms with E-state index < -0.39 is 0 Å². The van der Waals surface area contributed by atoms with Gasteiger partial charge in [-0.15, -0.1) is 21.6 Å². The number of benzene rings is 1. The van der Waals surface area contributed by atoms with E-state index in [4.69, 9.17) is 0 Å². The van der Waals surface area contributed by atoms with Crippen molar-refractivity contribution in [3.05, 3.63) is 53.2 Å². The van der Waals surface area contributed by atoms with Crippen molar-refractivity contribution in [3.63, 3.8) is 0 Å². The van der Waals surface area contributed by atoms with Crippen LogP contribution in [0.5, 0.6) is 0 Å². The zero-order valence-electron chi connectivity index (χ0n) is 10.1. The minimum absolute atomic E-state index is 0.0820. The summed E-state index contributed by atoms with van der Waals surface area (Å²) in [7, 11) is 0. The maximum Gasteiger partial charge on any atom is 0.229 e.